The summed E-state index contributed by atoms with van der Waals surface area (Å²) in [5.41, 5.74) is -0.184. The summed E-state index contributed by atoms with van der Waals surface area (Å²) in [5, 5.41) is 12.9. The van der Waals surface area contributed by atoms with Gasteiger partial charge in [0.2, 0.25) is 5.95 Å². The van der Waals surface area contributed by atoms with Gasteiger partial charge in [0.15, 0.2) is 5.82 Å². The molecule has 10 heteroatoms. The molecule has 0 aliphatic carbocycles. The van der Waals surface area contributed by atoms with Gasteiger partial charge in [-0.3, -0.25) is 0 Å². The zero-order chi connectivity index (χ0) is 18.7. The Bertz CT molecular complexity index is 933. The number of rotatable bonds is 4. The van der Waals surface area contributed by atoms with Crippen molar-refractivity contribution in [2.24, 2.45) is 0 Å². The van der Waals surface area contributed by atoms with Crippen molar-refractivity contribution in [1.82, 2.24) is 15.2 Å². The highest BCUT2D eigenvalue weighted by atomic mass is 35.5. The van der Waals surface area contributed by atoms with Crippen LogP contribution in [0.15, 0.2) is 48.7 Å². The first-order valence-electron chi connectivity index (χ1n) is 7.17. The average Bonchev–Trinajstić information content (AvgIpc) is 2.58. The molecule has 0 spiro atoms. The van der Waals surface area contributed by atoms with Crippen LogP contribution in [0, 0.1) is 5.82 Å². The van der Waals surface area contributed by atoms with Gasteiger partial charge in [-0.15, -0.1) is 5.10 Å². The summed E-state index contributed by atoms with van der Waals surface area (Å²) < 4.78 is 51.4. The van der Waals surface area contributed by atoms with Crippen molar-refractivity contribution in [2.45, 2.75) is 6.18 Å². The molecule has 134 valence electrons. The van der Waals surface area contributed by atoms with Gasteiger partial charge in [-0.05, 0) is 36.4 Å². The van der Waals surface area contributed by atoms with Crippen molar-refractivity contribution in [1.29, 1.82) is 0 Å². The molecule has 1 heterocycles. The Morgan fingerprint density at radius 1 is 0.962 bits per heavy atom. The van der Waals surface area contributed by atoms with Crippen LogP contribution in [0.5, 0.6) is 0 Å². The van der Waals surface area contributed by atoms with Crippen LogP contribution in [-0.2, 0) is 6.18 Å². The van der Waals surface area contributed by atoms with Gasteiger partial charge in [-0.2, -0.15) is 23.3 Å². The van der Waals surface area contributed by atoms with Gasteiger partial charge in [0.05, 0.1) is 16.8 Å². The summed E-state index contributed by atoms with van der Waals surface area (Å²) in [6.45, 7) is 0. The summed E-state index contributed by atoms with van der Waals surface area (Å²) in [7, 11) is 0. The molecule has 0 aliphatic heterocycles. The van der Waals surface area contributed by atoms with Crippen molar-refractivity contribution in [2.75, 3.05) is 10.6 Å². The lowest BCUT2D eigenvalue weighted by Gasteiger charge is -2.10. The third kappa shape index (κ3) is 4.37. The highest BCUT2D eigenvalue weighted by Gasteiger charge is 2.30. The van der Waals surface area contributed by atoms with Gasteiger partial charge in [0, 0.05) is 11.4 Å². The average molecular weight is 384 g/mol. The second kappa shape index (κ2) is 7.12. The summed E-state index contributed by atoms with van der Waals surface area (Å²) in [6.07, 6.45) is -3.16. The van der Waals surface area contributed by atoms with Crippen LogP contribution in [0.25, 0.3) is 0 Å². The lowest BCUT2D eigenvalue weighted by atomic mass is 10.2. The van der Waals surface area contributed by atoms with Gasteiger partial charge in [0.25, 0.3) is 0 Å². The number of anilines is 4. The molecule has 3 aromatic rings. The minimum atomic E-state index is -4.46. The van der Waals surface area contributed by atoms with Gasteiger partial charge >= 0.3 is 6.18 Å². The number of nitrogens with zero attached hydrogens (tertiary/aromatic N) is 3. The number of benzene rings is 2. The van der Waals surface area contributed by atoms with Gasteiger partial charge in [0.1, 0.15) is 5.82 Å². The first kappa shape index (κ1) is 17.9. The van der Waals surface area contributed by atoms with Crippen molar-refractivity contribution in [3.05, 3.63) is 65.1 Å². The second-order valence-corrected chi connectivity index (χ2v) is 5.53. The van der Waals surface area contributed by atoms with Crippen molar-refractivity contribution >= 4 is 34.7 Å². The zero-order valence-electron chi connectivity index (χ0n) is 12.9. The van der Waals surface area contributed by atoms with E-state index in [-0.39, 0.29) is 22.5 Å². The first-order valence-corrected chi connectivity index (χ1v) is 7.55. The van der Waals surface area contributed by atoms with Crippen LogP contribution in [0.4, 0.5) is 40.7 Å². The molecule has 0 aliphatic rings. The Hall–Kier alpha value is -2.94. The Kier molecular flexibility index (Phi) is 4.90. The summed E-state index contributed by atoms with van der Waals surface area (Å²) >= 11 is 5.70. The van der Waals surface area contributed by atoms with Gasteiger partial charge in [-0.25, -0.2) is 4.39 Å². The molecular weight excluding hydrogens is 374 g/mol. The molecule has 0 amide bonds. The Morgan fingerprint density at radius 3 is 2.46 bits per heavy atom. The van der Waals surface area contributed by atoms with Crippen LogP contribution in [0.1, 0.15) is 5.56 Å². The molecule has 1 aromatic heterocycles. The molecule has 0 fully saturated rings. The van der Waals surface area contributed by atoms with Crippen LogP contribution in [0.3, 0.4) is 0 Å². The number of hydrogen-bond donors (Lipinski definition) is 2. The van der Waals surface area contributed by atoms with Crippen molar-refractivity contribution < 1.29 is 17.6 Å². The predicted molar refractivity (Wildman–Crippen MR) is 89.2 cm³/mol. The fraction of sp³-hybridized carbons (Fsp3) is 0.0625. The maximum absolute atomic E-state index is 13.2. The first-order chi connectivity index (χ1) is 12.3. The van der Waals surface area contributed by atoms with E-state index in [1.807, 2.05) is 0 Å². The molecule has 0 atom stereocenters. The van der Waals surface area contributed by atoms with E-state index in [9.17, 15) is 17.6 Å². The van der Waals surface area contributed by atoms with E-state index in [4.69, 9.17) is 11.6 Å². The van der Waals surface area contributed by atoms with E-state index in [2.05, 4.69) is 25.8 Å². The Balaban J connectivity index is 1.78. The lowest BCUT2D eigenvalue weighted by molar-refractivity contribution is -0.137. The third-order valence-electron chi connectivity index (χ3n) is 3.20. The maximum Gasteiger partial charge on any atom is 0.416 e. The fourth-order valence-corrected chi connectivity index (χ4v) is 2.22. The molecule has 2 N–H and O–H groups in total. The van der Waals surface area contributed by atoms with E-state index in [0.717, 1.165) is 12.1 Å². The molecule has 0 unspecified atom stereocenters. The van der Waals surface area contributed by atoms with Crippen LogP contribution in [0.2, 0.25) is 5.02 Å². The van der Waals surface area contributed by atoms with Crippen molar-refractivity contribution in [3.8, 4) is 0 Å². The van der Waals surface area contributed by atoms with Gasteiger partial charge in [-0.1, -0.05) is 17.7 Å². The topological polar surface area (TPSA) is 62.7 Å². The van der Waals surface area contributed by atoms with E-state index >= 15 is 0 Å². The summed E-state index contributed by atoms with van der Waals surface area (Å²) in [4.78, 5) is 4.09. The molecule has 3 rings (SSSR count). The number of aromatic nitrogens is 3. The highest BCUT2D eigenvalue weighted by Crippen LogP contribution is 2.31. The Labute approximate surface area is 150 Å². The van der Waals surface area contributed by atoms with E-state index in [1.165, 1.54) is 36.5 Å². The number of alkyl halides is 3. The quantitative estimate of drug-likeness (QED) is 0.608. The van der Waals surface area contributed by atoms with Crippen LogP contribution in [-0.4, -0.2) is 15.2 Å². The predicted octanol–water partition coefficient (Wildman–Crippen LogP) is 5.17. The molecule has 5 nitrogen and oxygen atoms in total. The fourth-order valence-electron chi connectivity index (χ4n) is 2.04. The third-order valence-corrected chi connectivity index (χ3v) is 3.49. The normalized spacial score (nSPS) is 11.3. The number of nitrogens with one attached hydrogen (secondary N) is 2. The molecule has 0 saturated carbocycles. The zero-order valence-corrected chi connectivity index (χ0v) is 13.6. The van der Waals surface area contributed by atoms with Crippen LogP contribution < -0.4 is 10.6 Å². The van der Waals surface area contributed by atoms with Crippen LogP contribution >= 0.6 is 11.6 Å². The molecule has 0 radical (unpaired) electrons. The SMILES string of the molecule is Fc1ccc(Nc2cnnc(Nc3cccc(C(F)(F)F)c3)n2)cc1Cl. The monoisotopic (exact) mass is 383 g/mol. The minimum absolute atomic E-state index is 0.0115. The smallest absolute Gasteiger partial charge is 0.339 e. The Morgan fingerprint density at radius 2 is 1.73 bits per heavy atom. The van der Waals surface area contributed by atoms with E-state index in [1.54, 1.807) is 0 Å². The highest BCUT2D eigenvalue weighted by molar-refractivity contribution is 6.31. The molecule has 2 aromatic carbocycles. The van der Waals surface area contributed by atoms with E-state index in [0.29, 0.717) is 5.69 Å². The molecule has 0 saturated heterocycles. The van der Waals surface area contributed by atoms with Gasteiger partial charge < -0.3 is 10.6 Å². The summed E-state index contributed by atoms with van der Waals surface area (Å²) in [6, 6.07) is 8.59. The summed E-state index contributed by atoms with van der Waals surface area (Å²) in [5.74, 6) is -0.329. The standard InChI is InChI=1S/C16H10ClF4N5/c17-12-7-11(4-5-13(12)18)23-14-8-22-26-15(25-14)24-10-3-1-2-9(6-10)16(19,20)21/h1-8H,(H2,23,24,25,26). The van der Waals surface area contributed by atoms with E-state index < -0.39 is 17.6 Å². The molecule has 26 heavy (non-hydrogen) atoms. The molecule has 0 bridgehead atoms. The number of halogens is 5. The minimum Gasteiger partial charge on any atom is -0.339 e. The lowest BCUT2D eigenvalue weighted by Crippen LogP contribution is -2.06. The van der Waals surface area contributed by atoms with Crippen molar-refractivity contribution in [3.63, 3.8) is 0 Å². The second-order valence-electron chi connectivity index (χ2n) is 5.12. The maximum atomic E-state index is 13.2. The number of hydrogen-bond acceptors (Lipinski definition) is 5. The largest absolute Gasteiger partial charge is 0.416 e. The molecular formula is C16H10ClF4N5.